The van der Waals surface area contributed by atoms with Gasteiger partial charge in [0.05, 0.1) is 11.4 Å². The molecule has 0 radical (unpaired) electrons. The lowest BCUT2D eigenvalue weighted by atomic mass is 9.80. The molecule has 1 aliphatic rings. The van der Waals surface area contributed by atoms with Crippen molar-refractivity contribution < 1.29 is 0 Å². The molecule has 0 saturated carbocycles. The van der Waals surface area contributed by atoms with Crippen molar-refractivity contribution in [2.45, 2.75) is 19.3 Å². The van der Waals surface area contributed by atoms with Crippen LogP contribution in [0.3, 0.4) is 0 Å². The number of fused-ring (bicyclic) bond motifs is 8. The lowest BCUT2D eigenvalue weighted by molar-refractivity contribution is 0.666. The van der Waals surface area contributed by atoms with E-state index < -0.39 is 0 Å². The Morgan fingerprint density at radius 1 is 0.590 bits per heavy atom. The number of benzene rings is 6. The molecule has 6 aromatic carbocycles. The molecule has 0 fully saturated rings. The Labute approximate surface area is 232 Å². The van der Waals surface area contributed by atoms with Crippen LogP contribution in [0.15, 0.2) is 127 Å². The summed E-state index contributed by atoms with van der Waals surface area (Å²) in [7, 11) is 0. The molecular formula is C37H27NS. The zero-order chi connectivity index (χ0) is 26.1. The van der Waals surface area contributed by atoms with Crippen LogP contribution >= 0.6 is 11.3 Å². The maximum atomic E-state index is 2.50. The van der Waals surface area contributed by atoms with Crippen molar-refractivity contribution in [3.63, 3.8) is 0 Å². The van der Waals surface area contributed by atoms with Gasteiger partial charge in [-0.1, -0.05) is 105 Å². The Kier molecular flexibility index (Phi) is 4.80. The van der Waals surface area contributed by atoms with Crippen LogP contribution in [0.5, 0.6) is 0 Å². The first-order valence-electron chi connectivity index (χ1n) is 13.5. The van der Waals surface area contributed by atoms with Crippen molar-refractivity contribution in [3.05, 3.63) is 139 Å². The van der Waals surface area contributed by atoms with E-state index in [9.17, 15) is 0 Å². The van der Waals surface area contributed by atoms with Crippen LogP contribution in [-0.4, -0.2) is 0 Å². The maximum Gasteiger partial charge on any atom is 0.0555 e. The first-order chi connectivity index (χ1) is 19.1. The van der Waals surface area contributed by atoms with Crippen LogP contribution in [0.2, 0.25) is 0 Å². The summed E-state index contributed by atoms with van der Waals surface area (Å²) < 4.78 is 2.64. The third-order valence-electron chi connectivity index (χ3n) is 8.40. The summed E-state index contributed by atoms with van der Waals surface area (Å²) in [5, 5.41) is 5.24. The van der Waals surface area contributed by atoms with E-state index in [0.29, 0.717) is 0 Å². The number of para-hydroxylation sites is 1. The highest BCUT2D eigenvalue weighted by atomic mass is 32.1. The molecular weight excluding hydrogens is 490 g/mol. The van der Waals surface area contributed by atoms with E-state index in [1.54, 1.807) is 0 Å². The van der Waals surface area contributed by atoms with Crippen molar-refractivity contribution in [2.24, 2.45) is 0 Å². The summed E-state index contributed by atoms with van der Waals surface area (Å²) in [6.07, 6.45) is 0. The third-order valence-corrected chi connectivity index (χ3v) is 9.54. The minimum absolute atomic E-state index is 0.106. The first-order valence-corrected chi connectivity index (χ1v) is 14.4. The Balaban J connectivity index is 1.55. The topological polar surface area (TPSA) is 3.24 Å². The van der Waals surface area contributed by atoms with E-state index in [1.165, 1.54) is 70.3 Å². The predicted molar refractivity (Wildman–Crippen MR) is 169 cm³/mol. The average Bonchev–Trinajstić information content (AvgIpc) is 3.47. The first kappa shape index (κ1) is 22.6. The van der Waals surface area contributed by atoms with Gasteiger partial charge in [0.2, 0.25) is 0 Å². The number of hydrogen-bond acceptors (Lipinski definition) is 2. The van der Waals surface area contributed by atoms with Gasteiger partial charge < -0.3 is 4.90 Å². The lowest BCUT2D eigenvalue weighted by Gasteiger charge is -2.30. The average molecular weight is 518 g/mol. The molecule has 0 unspecified atom stereocenters. The van der Waals surface area contributed by atoms with Crippen LogP contribution in [0.4, 0.5) is 17.1 Å². The highest BCUT2D eigenvalue weighted by Gasteiger charge is 2.39. The molecule has 0 bridgehead atoms. The molecule has 1 nitrogen and oxygen atoms in total. The van der Waals surface area contributed by atoms with Crippen LogP contribution in [-0.2, 0) is 5.41 Å². The number of thiophene rings is 1. The second-order valence-corrected chi connectivity index (χ2v) is 12.0. The van der Waals surface area contributed by atoms with E-state index >= 15 is 0 Å². The van der Waals surface area contributed by atoms with Crippen molar-refractivity contribution in [1.29, 1.82) is 0 Å². The Bertz CT molecular complexity index is 2050. The number of anilines is 3. The molecule has 1 heterocycles. The van der Waals surface area contributed by atoms with E-state index in [4.69, 9.17) is 0 Å². The quantitative estimate of drug-likeness (QED) is 0.225. The molecule has 0 saturated heterocycles. The zero-order valence-electron chi connectivity index (χ0n) is 22.0. The second kappa shape index (κ2) is 8.30. The Morgan fingerprint density at radius 3 is 2.15 bits per heavy atom. The normalized spacial score (nSPS) is 13.6. The van der Waals surface area contributed by atoms with Gasteiger partial charge in [0, 0.05) is 36.8 Å². The summed E-state index contributed by atoms with van der Waals surface area (Å²) >= 11 is 1.87. The summed E-state index contributed by atoms with van der Waals surface area (Å²) in [5.41, 5.74) is 9.00. The molecule has 186 valence electrons. The maximum absolute atomic E-state index is 2.50. The molecule has 1 aromatic heterocycles. The fourth-order valence-electron chi connectivity index (χ4n) is 6.74. The molecule has 7 aromatic rings. The van der Waals surface area contributed by atoms with E-state index in [1.807, 2.05) is 11.3 Å². The molecule has 39 heavy (non-hydrogen) atoms. The van der Waals surface area contributed by atoms with Crippen molar-refractivity contribution in [1.82, 2.24) is 0 Å². The standard InChI is InChI=1S/C37H27NS/c1-37(2)29-19-10-8-17-27(29)35-31(23-24-13-6-7-16-26(24)36(35)37)38(25-14-4-3-5-15-25)30-20-12-22-33-34(30)28-18-9-11-21-32(28)39-33/h3-23H,1-2H3. The summed E-state index contributed by atoms with van der Waals surface area (Å²) in [6.45, 7) is 4.77. The van der Waals surface area contributed by atoms with E-state index in [2.05, 4.69) is 146 Å². The molecule has 0 spiro atoms. The van der Waals surface area contributed by atoms with Gasteiger partial charge in [0.1, 0.15) is 0 Å². The van der Waals surface area contributed by atoms with Gasteiger partial charge in [-0.05, 0) is 63.9 Å². The number of hydrogen-bond donors (Lipinski definition) is 0. The van der Waals surface area contributed by atoms with Gasteiger partial charge in [0.15, 0.2) is 0 Å². The molecule has 0 atom stereocenters. The molecule has 0 N–H and O–H groups in total. The Hall–Kier alpha value is -4.40. The Morgan fingerprint density at radius 2 is 1.28 bits per heavy atom. The molecule has 0 amide bonds. The zero-order valence-corrected chi connectivity index (χ0v) is 22.8. The highest BCUT2D eigenvalue weighted by Crippen LogP contribution is 2.57. The molecule has 8 rings (SSSR count). The molecule has 1 aliphatic carbocycles. The fraction of sp³-hybridized carbons (Fsp3) is 0.0811. The van der Waals surface area contributed by atoms with Gasteiger partial charge in [-0.15, -0.1) is 11.3 Å². The fourth-order valence-corrected chi connectivity index (χ4v) is 7.87. The molecule has 2 heteroatoms. The van der Waals surface area contributed by atoms with Crippen molar-refractivity contribution in [3.8, 4) is 11.1 Å². The number of nitrogens with zero attached hydrogens (tertiary/aromatic N) is 1. The third kappa shape index (κ3) is 3.19. The second-order valence-electron chi connectivity index (χ2n) is 11.0. The van der Waals surface area contributed by atoms with Crippen LogP contribution in [0, 0.1) is 0 Å². The monoisotopic (exact) mass is 517 g/mol. The van der Waals surface area contributed by atoms with Gasteiger partial charge in [-0.2, -0.15) is 0 Å². The van der Waals surface area contributed by atoms with Gasteiger partial charge in [-0.3, -0.25) is 0 Å². The SMILES string of the molecule is CC1(C)c2ccccc2-c2c(N(c3ccccc3)c3cccc4sc5ccccc5c34)cc3ccccc3c21. The number of rotatable bonds is 3. The van der Waals surface area contributed by atoms with Crippen molar-refractivity contribution in [2.75, 3.05) is 4.90 Å². The van der Waals surface area contributed by atoms with Gasteiger partial charge in [-0.25, -0.2) is 0 Å². The predicted octanol–water partition coefficient (Wildman–Crippen LogP) is 11.0. The highest BCUT2D eigenvalue weighted by molar-refractivity contribution is 7.26. The summed E-state index contributed by atoms with van der Waals surface area (Å²) in [4.78, 5) is 2.50. The van der Waals surface area contributed by atoms with Crippen LogP contribution in [0.25, 0.3) is 42.1 Å². The van der Waals surface area contributed by atoms with Crippen LogP contribution < -0.4 is 4.90 Å². The minimum atomic E-state index is -0.106. The molecule has 0 aliphatic heterocycles. The van der Waals surface area contributed by atoms with E-state index in [-0.39, 0.29) is 5.41 Å². The van der Waals surface area contributed by atoms with Gasteiger partial charge in [0.25, 0.3) is 0 Å². The van der Waals surface area contributed by atoms with Gasteiger partial charge >= 0.3 is 0 Å². The van der Waals surface area contributed by atoms with E-state index in [0.717, 1.165) is 0 Å². The minimum Gasteiger partial charge on any atom is -0.309 e. The smallest absolute Gasteiger partial charge is 0.0555 e. The van der Waals surface area contributed by atoms with Crippen molar-refractivity contribution >= 4 is 59.3 Å². The summed E-state index contributed by atoms with van der Waals surface area (Å²) in [6, 6.07) is 46.7. The van der Waals surface area contributed by atoms with Crippen LogP contribution in [0.1, 0.15) is 25.0 Å². The summed E-state index contributed by atoms with van der Waals surface area (Å²) in [5.74, 6) is 0. The largest absolute Gasteiger partial charge is 0.309 e. The lowest BCUT2D eigenvalue weighted by Crippen LogP contribution is -2.17.